The van der Waals surface area contributed by atoms with E-state index < -0.39 is 5.91 Å². The number of benzene rings is 2. The monoisotopic (exact) mass is 325 g/mol. The van der Waals surface area contributed by atoms with E-state index in [4.69, 9.17) is 5.73 Å². The summed E-state index contributed by atoms with van der Waals surface area (Å²) in [6.07, 6.45) is 0. The van der Waals surface area contributed by atoms with E-state index in [1.807, 2.05) is 31.0 Å². The number of hydrogen-bond donors (Lipinski definition) is 2. The molecule has 2 aromatic rings. The first-order chi connectivity index (χ1) is 11.4. The number of anilines is 1. The predicted molar refractivity (Wildman–Crippen MR) is 95.7 cm³/mol. The van der Waals surface area contributed by atoms with Gasteiger partial charge in [0.15, 0.2) is 0 Å². The smallest absolute Gasteiger partial charge is 0.248 e. The van der Waals surface area contributed by atoms with E-state index in [2.05, 4.69) is 24.4 Å². The van der Waals surface area contributed by atoms with Gasteiger partial charge in [-0.05, 0) is 56.3 Å². The van der Waals surface area contributed by atoms with Gasteiger partial charge in [0, 0.05) is 17.8 Å². The second-order valence-corrected chi connectivity index (χ2v) is 5.95. The Morgan fingerprint density at radius 3 is 2.33 bits per heavy atom. The fourth-order valence-electron chi connectivity index (χ4n) is 2.36. The third-order valence-electron chi connectivity index (χ3n) is 4.16. The summed E-state index contributed by atoms with van der Waals surface area (Å²) in [6, 6.07) is 14.4. The molecule has 0 unspecified atom stereocenters. The highest BCUT2D eigenvalue weighted by atomic mass is 16.2. The number of carbonyl (C=O) groups excluding carboxylic acids is 2. The highest BCUT2D eigenvalue weighted by Gasteiger charge is 2.18. The SMILES string of the molecule is Cc1ccccc1CN(C)[C@@H](C)C(=O)Nc1ccc(C(N)=O)cc1. The molecule has 2 amide bonds. The molecule has 0 spiro atoms. The zero-order valence-electron chi connectivity index (χ0n) is 14.2. The van der Waals surface area contributed by atoms with E-state index in [-0.39, 0.29) is 11.9 Å². The van der Waals surface area contributed by atoms with Gasteiger partial charge in [-0.3, -0.25) is 14.5 Å². The van der Waals surface area contributed by atoms with Crippen LogP contribution in [0.15, 0.2) is 48.5 Å². The van der Waals surface area contributed by atoms with Crippen LogP contribution >= 0.6 is 0 Å². The summed E-state index contributed by atoms with van der Waals surface area (Å²) in [7, 11) is 1.92. The molecular formula is C19H23N3O2. The Labute approximate surface area is 142 Å². The maximum atomic E-state index is 12.4. The molecule has 0 saturated carbocycles. The number of aryl methyl sites for hydroxylation is 1. The summed E-state index contributed by atoms with van der Waals surface area (Å²) in [6.45, 7) is 4.63. The van der Waals surface area contributed by atoms with Gasteiger partial charge >= 0.3 is 0 Å². The van der Waals surface area contributed by atoms with Gasteiger partial charge in [0.1, 0.15) is 0 Å². The maximum absolute atomic E-state index is 12.4. The summed E-state index contributed by atoms with van der Waals surface area (Å²) >= 11 is 0. The lowest BCUT2D eigenvalue weighted by atomic mass is 10.1. The molecule has 0 saturated heterocycles. The number of hydrogen-bond acceptors (Lipinski definition) is 3. The molecule has 126 valence electrons. The molecule has 0 bridgehead atoms. The Bertz CT molecular complexity index is 726. The second kappa shape index (κ2) is 7.75. The number of carbonyl (C=O) groups is 2. The fourth-order valence-corrected chi connectivity index (χ4v) is 2.36. The molecule has 0 aliphatic heterocycles. The summed E-state index contributed by atoms with van der Waals surface area (Å²) in [5.74, 6) is -0.586. The molecule has 5 nitrogen and oxygen atoms in total. The number of nitrogens with zero attached hydrogens (tertiary/aromatic N) is 1. The van der Waals surface area contributed by atoms with Crippen molar-refractivity contribution in [1.29, 1.82) is 0 Å². The molecule has 3 N–H and O–H groups in total. The van der Waals surface area contributed by atoms with Crippen molar-refractivity contribution in [2.24, 2.45) is 5.73 Å². The van der Waals surface area contributed by atoms with Crippen LogP contribution in [0, 0.1) is 6.92 Å². The maximum Gasteiger partial charge on any atom is 0.248 e. The van der Waals surface area contributed by atoms with Gasteiger partial charge in [0.2, 0.25) is 11.8 Å². The van der Waals surface area contributed by atoms with Gasteiger partial charge in [0.25, 0.3) is 0 Å². The molecule has 2 aromatic carbocycles. The van der Waals surface area contributed by atoms with Crippen molar-refractivity contribution in [3.63, 3.8) is 0 Å². The second-order valence-electron chi connectivity index (χ2n) is 5.95. The van der Waals surface area contributed by atoms with E-state index in [0.717, 1.165) is 0 Å². The van der Waals surface area contributed by atoms with Crippen LogP contribution in [0.2, 0.25) is 0 Å². The van der Waals surface area contributed by atoms with Crippen LogP contribution in [-0.4, -0.2) is 29.8 Å². The highest BCUT2D eigenvalue weighted by molar-refractivity contribution is 5.96. The van der Waals surface area contributed by atoms with Crippen molar-refractivity contribution in [1.82, 2.24) is 4.90 Å². The number of amides is 2. The third-order valence-corrected chi connectivity index (χ3v) is 4.16. The molecule has 5 heteroatoms. The number of nitrogens with two attached hydrogens (primary N) is 1. The van der Waals surface area contributed by atoms with Crippen LogP contribution in [0.3, 0.4) is 0 Å². The molecule has 0 heterocycles. The minimum Gasteiger partial charge on any atom is -0.366 e. The first-order valence-corrected chi connectivity index (χ1v) is 7.84. The number of rotatable bonds is 6. The van der Waals surface area contributed by atoms with Crippen molar-refractivity contribution in [2.45, 2.75) is 26.4 Å². The van der Waals surface area contributed by atoms with E-state index in [9.17, 15) is 9.59 Å². The minimum atomic E-state index is -0.487. The quantitative estimate of drug-likeness (QED) is 0.857. The number of likely N-dealkylation sites (N-methyl/N-ethyl adjacent to an activating group) is 1. The lowest BCUT2D eigenvalue weighted by Crippen LogP contribution is -2.39. The Morgan fingerprint density at radius 1 is 1.12 bits per heavy atom. The summed E-state index contributed by atoms with van der Waals surface area (Å²) < 4.78 is 0. The lowest BCUT2D eigenvalue weighted by Gasteiger charge is -2.24. The predicted octanol–water partition coefficient (Wildman–Crippen LogP) is 2.55. The van der Waals surface area contributed by atoms with Gasteiger partial charge in [-0.25, -0.2) is 0 Å². The van der Waals surface area contributed by atoms with Crippen LogP contribution in [0.25, 0.3) is 0 Å². The number of nitrogens with one attached hydrogen (secondary N) is 1. The number of primary amides is 1. The summed E-state index contributed by atoms with van der Waals surface area (Å²) in [5.41, 5.74) is 8.67. The Hall–Kier alpha value is -2.66. The Balaban J connectivity index is 1.98. The van der Waals surface area contributed by atoms with Crippen molar-refractivity contribution in [2.75, 3.05) is 12.4 Å². The third kappa shape index (κ3) is 4.43. The van der Waals surface area contributed by atoms with Gasteiger partial charge < -0.3 is 11.1 Å². The molecule has 2 rings (SSSR count). The normalized spacial score (nSPS) is 12.0. The van der Waals surface area contributed by atoms with E-state index >= 15 is 0 Å². The topological polar surface area (TPSA) is 75.4 Å². The van der Waals surface area contributed by atoms with Crippen molar-refractivity contribution in [3.8, 4) is 0 Å². The first-order valence-electron chi connectivity index (χ1n) is 7.84. The van der Waals surface area contributed by atoms with Crippen LogP contribution in [0.5, 0.6) is 0 Å². The van der Waals surface area contributed by atoms with Gasteiger partial charge in [-0.2, -0.15) is 0 Å². The summed E-state index contributed by atoms with van der Waals surface area (Å²) in [4.78, 5) is 25.5. The van der Waals surface area contributed by atoms with E-state index in [1.165, 1.54) is 11.1 Å². The van der Waals surface area contributed by atoms with Crippen molar-refractivity contribution < 1.29 is 9.59 Å². The van der Waals surface area contributed by atoms with Crippen LogP contribution in [-0.2, 0) is 11.3 Å². The molecule has 0 aliphatic carbocycles. The average molecular weight is 325 g/mol. The standard InChI is InChI=1S/C19H23N3O2/c1-13-6-4-5-7-16(13)12-22(3)14(2)19(24)21-17-10-8-15(9-11-17)18(20)23/h4-11,14H,12H2,1-3H3,(H2,20,23)(H,21,24)/t14-/m0/s1. The Morgan fingerprint density at radius 2 is 1.75 bits per heavy atom. The van der Waals surface area contributed by atoms with E-state index in [0.29, 0.717) is 17.8 Å². The van der Waals surface area contributed by atoms with Gasteiger partial charge in [-0.1, -0.05) is 24.3 Å². The van der Waals surface area contributed by atoms with Crippen molar-refractivity contribution >= 4 is 17.5 Å². The molecule has 0 radical (unpaired) electrons. The summed E-state index contributed by atoms with van der Waals surface area (Å²) in [5, 5.41) is 2.86. The zero-order chi connectivity index (χ0) is 17.7. The average Bonchev–Trinajstić information content (AvgIpc) is 2.56. The molecule has 24 heavy (non-hydrogen) atoms. The van der Waals surface area contributed by atoms with Crippen LogP contribution in [0.1, 0.15) is 28.4 Å². The molecule has 0 aliphatic rings. The fraction of sp³-hybridized carbons (Fsp3) is 0.263. The highest BCUT2D eigenvalue weighted by Crippen LogP contribution is 2.14. The molecule has 0 fully saturated rings. The molecule has 0 aromatic heterocycles. The van der Waals surface area contributed by atoms with Gasteiger partial charge in [-0.15, -0.1) is 0 Å². The Kier molecular flexibility index (Phi) is 5.71. The lowest BCUT2D eigenvalue weighted by molar-refractivity contribution is -0.120. The van der Waals surface area contributed by atoms with Crippen molar-refractivity contribution in [3.05, 3.63) is 65.2 Å². The molecule has 1 atom stereocenters. The van der Waals surface area contributed by atoms with E-state index in [1.54, 1.807) is 24.3 Å². The first kappa shape index (κ1) is 17.7. The minimum absolute atomic E-state index is 0.0992. The van der Waals surface area contributed by atoms with Crippen LogP contribution in [0.4, 0.5) is 5.69 Å². The van der Waals surface area contributed by atoms with Gasteiger partial charge in [0.05, 0.1) is 6.04 Å². The molecular weight excluding hydrogens is 302 g/mol. The van der Waals surface area contributed by atoms with Crippen LogP contribution < -0.4 is 11.1 Å². The zero-order valence-corrected chi connectivity index (χ0v) is 14.2. The largest absolute Gasteiger partial charge is 0.366 e.